The normalized spacial score (nSPS) is 11.4. The standard InChI is InChI=1S/C47H34N2/c1-33-23-30-44(42(31-33)38-25-24-35-15-8-9-16-37(35)32-38)49(40-28-26-36(27-29-40)34-13-4-2-5-14-34)46-22-12-21-45-47(46)41-19-10-11-20-43(41)48(45)39-17-6-3-7-18-39/h2-32H,1H3. The number of hydrogen-bond donors (Lipinski definition) is 0. The van der Waals surface area contributed by atoms with Crippen LogP contribution in [-0.2, 0) is 0 Å². The van der Waals surface area contributed by atoms with Gasteiger partial charge in [0.1, 0.15) is 0 Å². The van der Waals surface area contributed by atoms with Crippen LogP contribution in [0.2, 0.25) is 0 Å². The van der Waals surface area contributed by atoms with Gasteiger partial charge in [-0.3, -0.25) is 0 Å². The van der Waals surface area contributed by atoms with E-state index in [-0.39, 0.29) is 0 Å². The molecule has 2 nitrogen and oxygen atoms in total. The lowest BCUT2D eigenvalue weighted by atomic mass is 9.96. The third-order valence-corrected chi connectivity index (χ3v) is 9.62. The van der Waals surface area contributed by atoms with Gasteiger partial charge in [0.2, 0.25) is 0 Å². The first kappa shape index (κ1) is 28.8. The van der Waals surface area contributed by atoms with Gasteiger partial charge >= 0.3 is 0 Å². The molecule has 0 saturated heterocycles. The molecule has 0 aliphatic rings. The van der Waals surface area contributed by atoms with E-state index in [0.717, 1.165) is 22.7 Å². The molecule has 0 atom stereocenters. The van der Waals surface area contributed by atoms with Crippen LogP contribution in [0.25, 0.3) is 60.5 Å². The van der Waals surface area contributed by atoms with E-state index in [9.17, 15) is 0 Å². The van der Waals surface area contributed by atoms with Crippen molar-refractivity contribution in [2.24, 2.45) is 0 Å². The first-order chi connectivity index (χ1) is 24.2. The van der Waals surface area contributed by atoms with Gasteiger partial charge in [0.15, 0.2) is 0 Å². The Labute approximate surface area is 286 Å². The lowest BCUT2D eigenvalue weighted by Gasteiger charge is -2.29. The van der Waals surface area contributed by atoms with Crippen molar-refractivity contribution in [3.05, 3.63) is 194 Å². The summed E-state index contributed by atoms with van der Waals surface area (Å²) >= 11 is 0. The van der Waals surface area contributed by atoms with Crippen molar-refractivity contribution in [2.45, 2.75) is 6.92 Å². The molecule has 232 valence electrons. The molecule has 0 aliphatic heterocycles. The predicted molar refractivity (Wildman–Crippen MR) is 209 cm³/mol. The minimum absolute atomic E-state index is 1.11. The zero-order valence-corrected chi connectivity index (χ0v) is 27.3. The van der Waals surface area contributed by atoms with E-state index in [1.165, 1.54) is 60.4 Å². The maximum Gasteiger partial charge on any atom is 0.0562 e. The number of aromatic nitrogens is 1. The molecule has 9 rings (SSSR count). The highest BCUT2D eigenvalue weighted by atomic mass is 15.2. The molecule has 0 fully saturated rings. The number of anilines is 3. The summed E-state index contributed by atoms with van der Waals surface area (Å²) in [6, 6.07) is 68.1. The van der Waals surface area contributed by atoms with Crippen LogP contribution in [0.1, 0.15) is 5.56 Å². The second kappa shape index (κ2) is 12.0. The van der Waals surface area contributed by atoms with Crippen LogP contribution in [0, 0.1) is 6.92 Å². The second-order valence-corrected chi connectivity index (χ2v) is 12.7. The first-order valence-corrected chi connectivity index (χ1v) is 16.9. The Morgan fingerprint density at radius 2 is 1.08 bits per heavy atom. The lowest BCUT2D eigenvalue weighted by Crippen LogP contribution is -2.12. The Morgan fingerprint density at radius 1 is 0.429 bits per heavy atom. The number of rotatable bonds is 6. The zero-order valence-electron chi connectivity index (χ0n) is 27.3. The molecule has 9 aromatic rings. The molecule has 1 heterocycles. The summed E-state index contributed by atoms with van der Waals surface area (Å²) in [4.78, 5) is 2.46. The van der Waals surface area contributed by atoms with E-state index in [4.69, 9.17) is 0 Å². The van der Waals surface area contributed by atoms with E-state index in [0.29, 0.717) is 0 Å². The fourth-order valence-corrected chi connectivity index (χ4v) is 7.32. The SMILES string of the molecule is Cc1ccc(N(c2ccc(-c3ccccc3)cc2)c2cccc3c2c2ccccc2n3-c2ccccc2)c(-c2ccc3ccccc3c2)c1. The van der Waals surface area contributed by atoms with Gasteiger partial charge in [-0.2, -0.15) is 0 Å². The Hall–Kier alpha value is -6.38. The molecule has 0 N–H and O–H groups in total. The van der Waals surface area contributed by atoms with Crippen molar-refractivity contribution >= 4 is 49.6 Å². The number of para-hydroxylation sites is 2. The minimum Gasteiger partial charge on any atom is -0.309 e. The smallest absolute Gasteiger partial charge is 0.0562 e. The summed E-state index contributed by atoms with van der Waals surface area (Å²) in [5.74, 6) is 0. The molecule has 0 saturated carbocycles. The summed E-state index contributed by atoms with van der Waals surface area (Å²) in [6.45, 7) is 2.18. The number of hydrogen-bond acceptors (Lipinski definition) is 1. The molecule has 8 aromatic carbocycles. The third kappa shape index (κ3) is 5.06. The van der Waals surface area contributed by atoms with Crippen LogP contribution in [0.4, 0.5) is 17.1 Å². The number of fused-ring (bicyclic) bond motifs is 4. The first-order valence-electron chi connectivity index (χ1n) is 16.9. The Balaban J connectivity index is 1.33. The number of aryl methyl sites for hydroxylation is 1. The molecule has 0 bridgehead atoms. The monoisotopic (exact) mass is 626 g/mol. The summed E-state index contributed by atoms with van der Waals surface area (Å²) in [5.41, 5.74) is 12.9. The molecule has 2 heteroatoms. The summed E-state index contributed by atoms with van der Waals surface area (Å²) < 4.78 is 2.39. The summed E-state index contributed by atoms with van der Waals surface area (Å²) in [6.07, 6.45) is 0. The van der Waals surface area contributed by atoms with E-state index in [2.05, 4.69) is 204 Å². The predicted octanol–water partition coefficient (Wildman–Crippen LogP) is 13.0. The molecule has 0 amide bonds. The fourth-order valence-electron chi connectivity index (χ4n) is 7.32. The van der Waals surface area contributed by atoms with Gasteiger partial charge in [0, 0.05) is 27.7 Å². The molecule has 49 heavy (non-hydrogen) atoms. The summed E-state index contributed by atoms with van der Waals surface area (Å²) in [5, 5.41) is 4.92. The highest BCUT2D eigenvalue weighted by Crippen LogP contribution is 2.47. The van der Waals surface area contributed by atoms with Gasteiger partial charge in [-0.15, -0.1) is 0 Å². The quantitative estimate of drug-likeness (QED) is 0.178. The van der Waals surface area contributed by atoms with Crippen molar-refractivity contribution < 1.29 is 0 Å². The van der Waals surface area contributed by atoms with Crippen LogP contribution in [0.15, 0.2) is 188 Å². The Bertz CT molecular complexity index is 2600. The molecule has 0 unspecified atom stereocenters. The largest absolute Gasteiger partial charge is 0.309 e. The Morgan fingerprint density at radius 3 is 1.90 bits per heavy atom. The average molecular weight is 627 g/mol. The molecule has 0 radical (unpaired) electrons. The average Bonchev–Trinajstić information content (AvgIpc) is 3.51. The highest BCUT2D eigenvalue weighted by molar-refractivity contribution is 6.17. The van der Waals surface area contributed by atoms with Gasteiger partial charge in [-0.25, -0.2) is 0 Å². The van der Waals surface area contributed by atoms with Crippen molar-refractivity contribution in [2.75, 3.05) is 4.90 Å². The molecular formula is C47H34N2. The molecule has 0 aliphatic carbocycles. The molecular weight excluding hydrogens is 593 g/mol. The topological polar surface area (TPSA) is 8.17 Å². The van der Waals surface area contributed by atoms with E-state index >= 15 is 0 Å². The van der Waals surface area contributed by atoms with Crippen molar-refractivity contribution in [3.8, 4) is 27.9 Å². The third-order valence-electron chi connectivity index (χ3n) is 9.62. The number of nitrogens with zero attached hydrogens (tertiary/aromatic N) is 2. The van der Waals surface area contributed by atoms with Crippen LogP contribution >= 0.6 is 0 Å². The maximum atomic E-state index is 2.46. The van der Waals surface area contributed by atoms with Crippen LogP contribution < -0.4 is 4.90 Å². The highest BCUT2D eigenvalue weighted by Gasteiger charge is 2.23. The van der Waals surface area contributed by atoms with Gasteiger partial charge in [-0.05, 0) is 95.1 Å². The second-order valence-electron chi connectivity index (χ2n) is 12.7. The van der Waals surface area contributed by atoms with Crippen LogP contribution in [-0.4, -0.2) is 4.57 Å². The number of benzene rings is 8. The van der Waals surface area contributed by atoms with Crippen molar-refractivity contribution in [1.82, 2.24) is 4.57 Å². The van der Waals surface area contributed by atoms with E-state index < -0.39 is 0 Å². The van der Waals surface area contributed by atoms with Crippen LogP contribution in [0.5, 0.6) is 0 Å². The van der Waals surface area contributed by atoms with Gasteiger partial charge < -0.3 is 9.47 Å². The van der Waals surface area contributed by atoms with Gasteiger partial charge in [0.25, 0.3) is 0 Å². The van der Waals surface area contributed by atoms with E-state index in [1.807, 2.05) is 0 Å². The molecule has 0 spiro atoms. The van der Waals surface area contributed by atoms with Gasteiger partial charge in [-0.1, -0.05) is 133 Å². The van der Waals surface area contributed by atoms with Gasteiger partial charge in [0.05, 0.1) is 22.4 Å². The summed E-state index contributed by atoms with van der Waals surface area (Å²) in [7, 11) is 0. The van der Waals surface area contributed by atoms with Crippen LogP contribution in [0.3, 0.4) is 0 Å². The van der Waals surface area contributed by atoms with Crippen molar-refractivity contribution in [1.29, 1.82) is 0 Å². The van der Waals surface area contributed by atoms with E-state index in [1.54, 1.807) is 0 Å². The molecule has 1 aromatic heterocycles. The fraction of sp³-hybridized carbons (Fsp3) is 0.0213. The van der Waals surface area contributed by atoms with Crippen molar-refractivity contribution in [3.63, 3.8) is 0 Å². The lowest BCUT2D eigenvalue weighted by molar-refractivity contribution is 1.18. The Kier molecular flexibility index (Phi) is 7.06. The zero-order chi connectivity index (χ0) is 32.7. The maximum absolute atomic E-state index is 2.46. The minimum atomic E-state index is 1.11.